The Morgan fingerprint density at radius 3 is 2.38 bits per heavy atom. The second-order valence-corrected chi connectivity index (χ2v) is 10.1. The Bertz CT molecular complexity index is 1560. The molecule has 0 bridgehead atoms. The number of nitrogens with zero attached hydrogens (tertiary/aromatic N) is 1. The molecule has 0 fully saturated rings. The van der Waals surface area contributed by atoms with Crippen molar-refractivity contribution >= 4 is 34.7 Å². The van der Waals surface area contributed by atoms with E-state index in [0.717, 1.165) is 11.3 Å². The second-order valence-electron chi connectivity index (χ2n) is 9.71. The average molecular weight is 559 g/mol. The topological polar surface area (TPSA) is 92.1 Å². The molecule has 206 valence electrons. The summed E-state index contributed by atoms with van der Waals surface area (Å²) >= 11 is 6.52. The summed E-state index contributed by atoms with van der Waals surface area (Å²) in [5.41, 5.74) is 4.13. The largest absolute Gasteiger partial charge is 0.507 e. The monoisotopic (exact) mass is 558 g/mol. The maximum Gasteiger partial charge on any atom is 0.164 e. The highest BCUT2D eigenvalue weighted by molar-refractivity contribution is 6.32. The zero-order valence-corrected chi connectivity index (χ0v) is 23.6. The first-order chi connectivity index (χ1) is 19.3. The van der Waals surface area contributed by atoms with Crippen molar-refractivity contribution in [1.29, 1.82) is 5.41 Å². The van der Waals surface area contributed by atoms with E-state index in [1.54, 1.807) is 62.6 Å². The zero-order valence-electron chi connectivity index (χ0n) is 22.9. The molecule has 0 saturated carbocycles. The Kier molecular flexibility index (Phi) is 7.59. The highest BCUT2D eigenvalue weighted by atomic mass is 35.5. The van der Waals surface area contributed by atoms with Crippen molar-refractivity contribution in [3.05, 3.63) is 99.2 Å². The Hall–Kier alpha value is -4.23. The molecule has 0 amide bonds. The van der Waals surface area contributed by atoms with Crippen LogP contribution >= 0.6 is 11.6 Å². The fraction of sp³-hybridized carbons (Fsp3) is 0.250. The maximum atomic E-state index is 13.8. The van der Waals surface area contributed by atoms with Gasteiger partial charge in [0.25, 0.3) is 0 Å². The van der Waals surface area contributed by atoms with Gasteiger partial charge in [-0.25, -0.2) is 0 Å². The third-order valence-corrected chi connectivity index (χ3v) is 8.01. The van der Waals surface area contributed by atoms with Crippen molar-refractivity contribution < 1.29 is 24.1 Å². The molecule has 3 aromatic rings. The molecule has 40 heavy (non-hydrogen) atoms. The smallest absolute Gasteiger partial charge is 0.164 e. The van der Waals surface area contributed by atoms with Crippen LogP contribution in [0.25, 0.3) is 5.76 Å². The van der Waals surface area contributed by atoms with Gasteiger partial charge < -0.3 is 19.3 Å². The van der Waals surface area contributed by atoms with Gasteiger partial charge in [-0.2, -0.15) is 0 Å². The van der Waals surface area contributed by atoms with Crippen LogP contribution in [0.4, 0.5) is 5.69 Å². The number of ketones is 1. The van der Waals surface area contributed by atoms with E-state index in [9.17, 15) is 15.3 Å². The van der Waals surface area contributed by atoms with Gasteiger partial charge in [-0.1, -0.05) is 29.8 Å². The van der Waals surface area contributed by atoms with Crippen LogP contribution in [0.2, 0.25) is 5.02 Å². The number of para-hydroxylation sites is 1. The molecule has 1 atom stereocenters. The fourth-order valence-corrected chi connectivity index (χ4v) is 5.82. The molecule has 1 unspecified atom stereocenters. The number of allylic oxidation sites excluding steroid dienone is 2. The number of amidine groups is 1. The maximum absolute atomic E-state index is 13.8. The van der Waals surface area contributed by atoms with E-state index in [0.29, 0.717) is 63.9 Å². The first-order valence-electron chi connectivity index (χ1n) is 13.0. The second kappa shape index (κ2) is 11.1. The summed E-state index contributed by atoms with van der Waals surface area (Å²) in [5.74, 6) is 0.717. The Morgan fingerprint density at radius 1 is 0.975 bits per heavy atom. The van der Waals surface area contributed by atoms with Gasteiger partial charge in [0, 0.05) is 39.4 Å². The number of halogens is 1. The van der Waals surface area contributed by atoms with Crippen LogP contribution in [0.1, 0.15) is 41.9 Å². The lowest BCUT2D eigenvalue weighted by atomic mass is 9.73. The molecule has 8 heteroatoms. The summed E-state index contributed by atoms with van der Waals surface area (Å²) in [7, 11) is 4.67. The van der Waals surface area contributed by atoms with Crippen LogP contribution in [-0.2, 0) is 4.79 Å². The van der Waals surface area contributed by atoms with Gasteiger partial charge in [-0.05, 0) is 67.8 Å². The van der Waals surface area contributed by atoms with Gasteiger partial charge in [0.05, 0.1) is 32.9 Å². The van der Waals surface area contributed by atoms with E-state index < -0.39 is 5.92 Å². The number of methoxy groups -OCH3 is 3. The lowest BCUT2D eigenvalue weighted by Gasteiger charge is -2.42. The van der Waals surface area contributed by atoms with Crippen LogP contribution in [0.15, 0.2) is 77.5 Å². The van der Waals surface area contributed by atoms with E-state index in [1.165, 1.54) is 0 Å². The molecule has 1 aliphatic heterocycles. The van der Waals surface area contributed by atoms with Crippen LogP contribution in [0.3, 0.4) is 0 Å². The minimum atomic E-state index is -0.766. The van der Waals surface area contributed by atoms with Gasteiger partial charge in [0.15, 0.2) is 17.3 Å². The Morgan fingerprint density at radius 2 is 1.70 bits per heavy atom. The summed E-state index contributed by atoms with van der Waals surface area (Å²) < 4.78 is 16.7. The minimum Gasteiger partial charge on any atom is -0.507 e. The molecule has 2 N–H and O–H groups in total. The molecular weight excluding hydrogens is 528 g/mol. The minimum absolute atomic E-state index is 0.0339. The third kappa shape index (κ3) is 4.50. The van der Waals surface area contributed by atoms with E-state index >= 15 is 0 Å². The molecule has 1 aliphatic carbocycles. The molecule has 2 aliphatic rings. The molecule has 0 radical (unpaired) electrons. The first kappa shape index (κ1) is 27.3. The Labute approximate surface area is 238 Å². The number of ether oxygens (including phenoxy) is 3. The number of nitrogens with one attached hydrogen (secondary N) is 1. The van der Waals surface area contributed by atoms with Crippen molar-refractivity contribution in [3.8, 4) is 17.2 Å². The number of aliphatic hydroxyl groups excluding tert-OH is 1. The van der Waals surface area contributed by atoms with Gasteiger partial charge in [-0.15, -0.1) is 0 Å². The Balaban J connectivity index is 1.88. The van der Waals surface area contributed by atoms with Crippen LogP contribution in [0, 0.1) is 12.3 Å². The quantitative estimate of drug-likeness (QED) is 0.310. The summed E-state index contributed by atoms with van der Waals surface area (Å²) in [6.07, 6.45) is 1.62. The zero-order chi connectivity index (χ0) is 28.6. The SMILES string of the molecule is COc1ccc(/C(O)=C2\C(=N)N(c3cccc(Cl)c3C)C3=C(C(=O)CCC3)C2c2cccc(OC)c2OC)cc1. The highest BCUT2D eigenvalue weighted by Crippen LogP contribution is 2.51. The summed E-state index contributed by atoms with van der Waals surface area (Å²) in [6.45, 7) is 1.89. The lowest BCUT2D eigenvalue weighted by Crippen LogP contribution is -2.42. The van der Waals surface area contributed by atoms with Crippen molar-refractivity contribution in [2.75, 3.05) is 26.2 Å². The van der Waals surface area contributed by atoms with Crippen LogP contribution < -0.4 is 19.1 Å². The summed E-state index contributed by atoms with van der Waals surface area (Å²) in [4.78, 5) is 15.6. The van der Waals surface area contributed by atoms with Gasteiger partial charge in [0.2, 0.25) is 0 Å². The van der Waals surface area contributed by atoms with Crippen molar-refractivity contribution in [1.82, 2.24) is 0 Å². The molecule has 3 aromatic carbocycles. The predicted molar refractivity (Wildman–Crippen MR) is 157 cm³/mol. The van der Waals surface area contributed by atoms with Crippen molar-refractivity contribution in [3.63, 3.8) is 0 Å². The fourth-order valence-electron chi connectivity index (χ4n) is 5.65. The number of Topliss-reactive ketones (excluding diaryl/α,β-unsaturated/α-hetero) is 1. The van der Waals surface area contributed by atoms with E-state index in [4.69, 9.17) is 25.8 Å². The molecule has 7 nitrogen and oxygen atoms in total. The number of aliphatic hydroxyl groups is 1. The standard InChI is InChI=1S/C32H31ClN2O5/c1-18-22(33)9-6-10-23(18)35-24-11-7-12-25(36)28(24)27(21-8-5-13-26(39-3)31(21)40-4)29(32(35)34)30(37)19-14-16-20(38-2)17-15-19/h5-6,8-10,13-17,27,34,37H,7,11-12H2,1-4H3/b30-29+,34-32?. The molecule has 0 aromatic heterocycles. The van der Waals surface area contributed by atoms with E-state index in [2.05, 4.69) is 0 Å². The number of rotatable bonds is 6. The lowest BCUT2D eigenvalue weighted by molar-refractivity contribution is -0.116. The number of hydrogen-bond donors (Lipinski definition) is 2. The van der Waals surface area contributed by atoms with Gasteiger partial charge in [0.1, 0.15) is 17.3 Å². The molecule has 0 saturated heterocycles. The number of carbonyl (C=O) groups is 1. The number of carbonyl (C=O) groups excluding carboxylic acids is 1. The third-order valence-electron chi connectivity index (χ3n) is 7.60. The first-order valence-corrected chi connectivity index (χ1v) is 13.4. The number of benzene rings is 3. The molecule has 1 heterocycles. The molecular formula is C32H31ClN2O5. The number of anilines is 1. The highest BCUT2D eigenvalue weighted by Gasteiger charge is 2.44. The van der Waals surface area contributed by atoms with Crippen molar-refractivity contribution in [2.45, 2.75) is 32.1 Å². The van der Waals surface area contributed by atoms with Crippen LogP contribution in [0.5, 0.6) is 17.2 Å². The summed E-state index contributed by atoms with van der Waals surface area (Å²) in [5, 5.41) is 22.0. The van der Waals surface area contributed by atoms with Crippen molar-refractivity contribution in [2.24, 2.45) is 0 Å². The predicted octanol–water partition coefficient (Wildman–Crippen LogP) is 7.23. The molecule has 0 spiro atoms. The summed E-state index contributed by atoms with van der Waals surface area (Å²) in [6, 6.07) is 17.9. The average Bonchev–Trinajstić information content (AvgIpc) is 2.97. The van der Waals surface area contributed by atoms with E-state index in [1.807, 2.05) is 31.2 Å². The molecule has 5 rings (SSSR count). The van der Waals surface area contributed by atoms with Crippen LogP contribution in [-0.4, -0.2) is 38.1 Å². The van der Waals surface area contributed by atoms with Gasteiger partial charge in [-0.3, -0.25) is 15.1 Å². The normalized spacial score (nSPS) is 18.4. The number of hydrogen-bond acceptors (Lipinski definition) is 6. The van der Waals surface area contributed by atoms with Gasteiger partial charge >= 0.3 is 0 Å². The van der Waals surface area contributed by atoms with E-state index in [-0.39, 0.29) is 23.0 Å².